The fraction of sp³-hybridized carbons (Fsp3) is 0.400. The van der Waals surface area contributed by atoms with Gasteiger partial charge in [0, 0.05) is 24.7 Å². The second-order valence-corrected chi connectivity index (χ2v) is 5.48. The third-order valence-electron chi connectivity index (χ3n) is 3.52. The number of rotatable bonds is 5. The van der Waals surface area contributed by atoms with E-state index < -0.39 is 11.8 Å². The normalized spacial score (nSPS) is 20.4. The van der Waals surface area contributed by atoms with Crippen molar-refractivity contribution in [2.24, 2.45) is 10.9 Å². The Morgan fingerprint density at radius 2 is 2.32 bits per heavy atom. The van der Waals surface area contributed by atoms with Crippen molar-refractivity contribution in [3.63, 3.8) is 0 Å². The summed E-state index contributed by atoms with van der Waals surface area (Å²) in [5.74, 6) is -1.68. The standard InChI is InChI=1S/C15H18N4O2S/c1-3-10(2)19-14(21)12(13(20)18-15(19)22)9-17-8-11-5-4-6-16-7-11/h4-7,9-10,12H,3,8H2,1-2H3,(H,18,20,22)/t10-,12+/m1/s1. The van der Waals surface area contributed by atoms with Gasteiger partial charge in [0.15, 0.2) is 11.0 Å². The van der Waals surface area contributed by atoms with Gasteiger partial charge in [-0.1, -0.05) is 13.0 Å². The summed E-state index contributed by atoms with van der Waals surface area (Å²) in [6, 6.07) is 3.63. The molecule has 1 aliphatic heterocycles. The predicted molar refractivity (Wildman–Crippen MR) is 87.3 cm³/mol. The monoisotopic (exact) mass is 318 g/mol. The number of hydrogen-bond acceptors (Lipinski definition) is 5. The molecular formula is C15H18N4O2S. The van der Waals surface area contributed by atoms with E-state index in [9.17, 15) is 9.59 Å². The van der Waals surface area contributed by atoms with Crippen molar-refractivity contribution < 1.29 is 9.59 Å². The van der Waals surface area contributed by atoms with Gasteiger partial charge in [0.2, 0.25) is 11.8 Å². The van der Waals surface area contributed by atoms with Crippen molar-refractivity contribution >= 4 is 35.4 Å². The number of amides is 2. The van der Waals surface area contributed by atoms with E-state index in [1.54, 1.807) is 12.4 Å². The molecular weight excluding hydrogens is 300 g/mol. The molecule has 7 heteroatoms. The molecule has 2 rings (SSSR count). The summed E-state index contributed by atoms with van der Waals surface area (Å²) < 4.78 is 0. The molecule has 0 unspecified atom stereocenters. The van der Waals surface area contributed by atoms with E-state index in [2.05, 4.69) is 15.3 Å². The SMILES string of the molecule is CC[C@@H](C)N1C(=O)[C@@H](C=NCc2cccnc2)C(=O)NC1=S. The van der Waals surface area contributed by atoms with Crippen LogP contribution in [0.4, 0.5) is 0 Å². The number of hydrogen-bond donors (Lipinski definition) is 1. The average Bonchev–Trinajstić information content (AvgIpc) is 2.51. The number of aromatic nitrogens is 1. The molecule has 0 aliphatic carbocycles. The van der Waals surface area contributed by atoms with Crippen LogP contribution in [0.5, 0.6) is 0 Å². The van der Waals surface area contributed by atoms with Crippen LogP contribution in [0.2, 0.25) is 0 Å². The van der Waals surface area contributed by atoms with Crippen molar-refractivity contribution in [1.29, 1.82) is 0 Å². The highest BCUT2D eigenvalue weighted by Gasteiger charge is 2.39. The Morgan fingerprint density at radius 1 is 1.55 bits per heavy atom. The molecule has 6 nitrogen and oxygen atoms in total. The van der Waals surface area contributed by atoms with Crippen molar-refractivity contribution in [2.45, 2.75) is 32.9 Å². The third-order valence-corrected chi connectivity index (χ3v) is 3.82. The fourth-order valence-corrected chi connectivity index (χ4v) is 2.46. The summed E-state index contributed by atoms with van der Waals surface area (Å²) in [4.78, 5) is 34.1. The number of carbonyl (C=O) groups is 2. The third kappa shape index (κ3) is 3.54. The van der Waals surface area contributed by atoms with Gasteiger partial charge < -0.3 is 5.32 Å². The smallest absolute Gasteiger partial charge is 0.247 e. The quantitative estimate of drug-likeness (QED) is 0.505. The van der Waals surface area contributed by atoms with E-state index in [1.165, 1.54) is 11.1 Å². The largest absolute Gasteiger partial charge is 0.302 e. The summed E-state index contributed by atoms with van der Waals surface area (Å²) in [5, 5.41) is 2.74. The molecule has 0 aromatic carbocycles. The average molecular weight is 318 g/mol. The molecule has 0 spiro atoms. The van der Waals surface area contributed by atoms with Crippen LogP contribution >= 0.6 is 12.2 Å². The van der Waals surface area contributed by atoms with Crippen molar-refractivity contribution in [1.82, 2.24) is 15.2 Å². The second kappa shape index (κ2) is 7.22. The topological polar surface area (TPSA) is 74.7 Å². The first kappa shape index (κ1) is 16.2. The lowest BCUT2D eigenvalue weighted by Gasteiger charge is -2.34. The maximum atomic E-state index is 12.5. The molecule has 0 radical (unpaired) electrons. The van der Waals surface area contributed by atoms with E-state index in [0.717, 1.165) is 12.0 Å². The number of nitrogens with one attached hydrogen (secondary N) is 1. The van der Waals surface area contributed by atoms with Gasteiger partial charge in [-0.25, -0.2) is 0 Å². The molecule has 1 aromatic heterocycles. The van der Waals surface area contributed by atoms with E-state index in [4.69, 9.17) is 12.2 Å². The molecule has 2 atom stereocenters. The van der Waals surface area contributed by atoms with Crippen LogP contribution in [0.15, 0.2) is 29.5 Å². The summed E-state index contributed by atoms with van der Waals surface area (Å²) >= 11 is 5.09. The van der Waals surface area contributed by atoms with Crippen LogP contribution in [-0.2, 0) is 16.1 Å². The van der Waals surface area contributed by atoms with Crippen LogP contribution in [0.25, 0.3) is 0 Å². The van der Waals surface area contributed by atoms with Crippen molar-refractivity contribution in [3.05, 3.63) is 30.1 Å². The first-order valence-electron chi connectivity index (χ1n) is 7.11. The highest BCUT2D eigenvalue weighted by molar-refractivity contribution is 7.80. The van der Waals surface area contributed by atoms with Crippen molar-refractivity contribution in [3.8, 4) is 0 Å². The highest BCUT2D eigenvalue weighted by Crippen LogP contribution is 2.15. The Balaban J connectivity index is 2.10. The minimum absolute atomic E-state index is 0.0603. The van der Waals surface area contributed by atoms with Crippen LogP contribution in [0.1, 0.15) is 25.8 Å². The van der Waals surface area contributed by atoms with E-state index in [1.807, 2.05) is 26.0 Å². The molecule has 1 N–H and O–H groups in total. The van der Waals surface area contributed by atoms with Gasteiger partial charge in [0.25, 0.3) is 0 Å². The Bertz CT molecular complexity index is 603. The first-order chi connectivity index (χ1) is 10.5. The fourth-order valence-electron chi connectivity index (χ4n) is 2.09. The first-order valence-corrected chi connectivity index (χ1v) is 7.52. The molecule has 1 aromatic rings. The maximum absolute atomic E-state index is 12.5. The van der Waals surface area contributed by atoms with Gasteiger partial charge in [-0.2, -0.15) is 0 Å². The van der Waals surface area contributed by atoms with E-state index in [0.29, 0.717) is 6.54 Å². The van der Waals surface area contributed by atoms with E-state index >= 15 is 0 Å². The van der Waals surface area contributed by atoms with Gasteiger partial charge in [0.05, 0.1) is 6.54 Å². The molecule has 1 aliphatic rings. The zero-order valence-corrected chi connectivity index (χ0v) is 13.3. The highest BCUT2D eigenvalue weighted by atomic mass is 32.1. The second-order valence-electron chi connectivity index (χ2n) is 5.09. The summed E-state index contributed by atoms with van der Waals surface area (Å²) in [6.07, 6.45) is 5.51. The minimum atomic E-state index is -0.933. The summed E-state index contributed by atoms with van der Waals surface area (Å²) in [5.41, 5.74) is 0.914. The zero-order chi connectivity index (χ0) is 16.1. The summed E-state index contributed by atoms with van der Waals surface area (Å²) in [7, 11) is 0. The lowest BCUT2D eigenvalue weighted by Crippen LogP contribution is -2.60. The molecule has 0 bridgehead atoms. The molecule has 22 heavy (non-hydrogen) atoms. The zero-order valence-electron chi connectivity index (χ0n) is 12.5. The molecule has 0 saturated carbocycles. The Hall–Kier alpha value is -2.15. The number of nitrogens with zero attached hydrogens (tertiary/aromatic N) is 3. The maximum Gasteiger partial charge on any atom is 0.247 e. The molecule has 2 amide bonds. The van der Waals surface area contributed by atoms with Crippen LogP contribution in [0, 0.1) is 5.92 Å². The summed E-state index contributed by atoms with van der Waals surface area (Å²) in [6.45, 7) is 4.23. The molecule has 1 fully saturated rings. The minimum Gasteiger partial charge on any atom is -0.302 e. The van der Waals surface area contributed by atoms with Gasteiger partial charge >= 0.3 is 0 Å². The van der Waals surface area contributed by atoms with Gasteiger partial charge in [-0.15, -0.1) is 0 Å². The van der Waals surface area contributed by atoms with E-state index in [-0.39, 0.29) is 17.1 Å². The number of pyridine rings is 1. The Labute approximate surface area is 134 Å². The van der Waals surface area contributed by atoms with Gasteiger partial charge in [-0.05, 0) is 37.2 Å². The van der Waals surface area contributed by atoms with Crippen LogP contribution in [0.3, 0.4) is 0 Å². The number of aliphatic imine (C=N–C) groups is 1. The number of thiocarbonyl (C=S) groups is 1. The number of carbonyl (C=O) groups excluding carboxylic acids is 2. The molecule has 116 valence electrons. The lowest BCUT2D eigenvalue weighted by molar-refractivity contribution is -0.139. The molecule has 2 heterocycles. The van der Waals surface area contributed by atoms with Crippen molar-refractivity contribution in [2.75, 3.05) is 0 Å². The van der Waals surface area contributed by atoms with Crippen LogP contribution in [-0.4, -0.2) is 39.1 Å². The Morgan fingerprint density at radius 3 is 2.95 bits per heavy atom. The van der Waals surface area contributed by atoms with Gasteiger partial charge in [-0.3, -0.25) is 24.5 Å². The van der Waals surface area contributed by atoms with Crippen LogP contribution < -0.4 is 5.32 Å². The Kier molecular flexibility index (Phi) is 5.32. The predicted octanol–water partition coefficient (Wildman–Crippen LogP) is 1.31. The lowest BCUT2D eigenvalue weighted by atomic mass is 10.0. The molecule has 1 saturated heterocycles. The van der Waals surface area contributed by atoms with Gasteiger partial charge in [0.1, 0.15) is 0 Å².